The number of anilines is 1. The van der Waals surface area contributed by atoms with Gasteiger partial charge in [-0.1, -0.05) is 11.6 Å². The summed E-state index contributed by atoms with van der Waals surface area (Å²) in [6, 6.07) is 3.14. The molecule has 0 aliphatic rings. The zero-order valence-electron chi connectivity index (χ0n) is 12.6. The van der Waals surface area contributed by atoms with Crippen LogP contribution < -0.4 is 5.43 Å². The zero-order valence-corrected chi connectivity index (χ0v) is 13.3. The first kappa shape index (κ1) is 17.6. The Hall–Kier alpha value is -2.79. The number of halogens is 1. The quantitative estimate of drug-likeness (QED) is 0.326. The minimum absolute atomic E-state index is 0.105. The molecule has 0 spiro atoms. The first-order valence-electron chi connectivity index (χ1n) is 6.73. The summed E-state index contributed by atoms with van der Waals surface area (Å²) in [4.78, 5) is 14.1. The smallest absolute Gasteiger partial charge is 0.343 e. The molecular formula is C12H14ClN7O4. The van der Waals surface area contributed by atoms with Crippen LogP contribution >= 0.6 is 11.6 Å². The SMILES string of the molecule is CC(=NNc1ccc(Cl)nn1)OCCn1c([N+](=O)[O-])cnc1CO. The lowest BCUT2D eigenvalue weighted by molar-refractivity contribution is -0.392. The van der Waals surface area contributed by atoms with Crippen LogP contribution in [0.25, 0.3) is 0 Å². The number of hydrogen-bond donors (Lipinski definition) is 2. The molecule has 0 fully saturated rings. The van der Waals surface area contributed by atoms with Crippen molar-refractivity contribution < 1.29 is 14.8 Å². The Bertz CT molecular complexity index is 732. The second-order valence-electron chi connectivity index (χ2n) is 4.43. The first-order chi connectivity index (χ1) is 11.5. The van der Waals surface area contributed by atoms with Crippen LogP contribution in [0.15, 0.2) is 23.4 Å². The molecule has 2 aromatic heterocycles. The summed E-state index contributed by atoms with van der Waals surface area (Å²) in [5, 5.41) is 31.6. The highest BCUT2D eigenvalue weighted by molar-refractivity contribution is 6.29. The molecule has 0 radical (unpaired) electrons. The van der Waals surface area contributed by atoms with Gasteiger partial charge >= 0.3 is 5.82 Å². The second kappa shape index (κ2) is 8.17. The standard InChI is InChI=1S/C12H14ClN7O4/c1-8(15-17-10-3-2-9(13)16-18-10)24-5-4-19-11(7-21)14-6-12(19)20(22)23/h2-3,6,21H,4-5,7H2,1H3,(H,17,18). The minimum Gasteiger partial charge on any atom is -0.476 e. The van der Waals surface area contributed by atoms with Crippen LogP contribution in [-0.2, 0) is 17.9 Å². The number of nitro groups is 1. The van der Waals surface area contributed by atoms with Gasteiger partial charge in [-0.15, -0.1) is 15.3 Å². The number of hydrazone groups is 1. The van der Waals surface area contributed by atoms with E-state index in [2.05, 4.69) is 25.7 Å². The summed E-state index contributed by atoms with van der Waals surface area (Å²) in [6.07, 6.45) is 1.09. The monoisotopic (exact) mass is 355 g/mol. The van der Waals surface area contributed by atoms with Crippen molar-refractivity contribution in [2.75, 3.05) is 12.0 Å². The zero-order chi connectivity index (χ0) is 17.5. The van der Waals surface area contributed by atoms with Gasteiger partial charge in [0, 0.05) is 6.92 Å². The van der Waals surface area contributed by atoms with E-state index in [1.54, 1.807) is 19.1 Å². The molecule has 0 saturated heterocycles. The van der Waals surface area contributed by atoms with Crippen molar-refractivity contribution in [1.82, 2.24) is 19.7 Å². The Morgan fingerprint density at radius 1 is 1.54 bits per heavy atom. The number of nitrogens with one attached hydrogen (secondary N) is 1. The fraction of sp³-hybridized carbons (Fsp3) is 0.333. The number of hydrogen-bond acceptors (Lipinski definition) is 9. The molecule has 24 heavy (non-hydrogen) atoms. The molecule has 12 heteroatoms. The summed E-state index contributed by atoms with van der Waals surface area (Å²) in [5.74, 6) is 0.650. The molecule has 0 aliphatic carbocycles. The van der Waals surface area contributed by atoms with Crippen molar-refractivity contribution in [1.29, 1.82) is 0 Å². The maximum Gasteiger partial charge on any atom is 0.343 e. The maximum absolute atomic E-state index is 10.9. The lowest BCUT2D eigenvalue weighted by Crippen LogP contribution is -2.14. The van der Waals surface area contributed by atoms with Gasteiger partial charge in [-0.25, -0.2) is 9.55 Å². The fourth-order valence-electron chi connectivity index (χ4n) is 1.75. The van der Waals surface area contributed by atoms with Crippen LogP contribution in [0, 0.1) is 10.1 Å². The van der Waals surface area contributed by atoms with Crippen molar-refractivity contribution >= 4 is 29.1 Å². The van der Waals surface area contributed by atoms with Crippen LogP contribution in [0.5, 0.6) is 0 Å². The van der Waals surface area contributed by atoms with E-state index < -0.39 is 11.5 Å². The molecule has 0 unspecified atom stereocenters. The Morgan fingerprint density at radius 2 is 2.33 bits per heavy atom. The van der Waals surface area contributed by atoms with Gasteiger partial charge in [0.15, 0.2) is 11.0 Å². The molecule has 0 aliphatic heterocycles. The third-order valence-corrected chi connectivity index (χ3v) is 3.03. The Balaban J connectivity index is 1.89. The largest absolute Gasteiger partial charge is 0.476 e. The molecule has 0 atom stereocenters. The summed E-state index contributed by atoms with van der Waals surface area (Å²) in [7, 11) is 0. The van der Waals surface area contributed by atoms with E-state index in [0.717, 1.165) is 6.20 Å². The summed E-state index contributed by atoms with van der Waals surface area (Å²) in [5.41, 5.74) is 2.63. The summed E-state index contributed by atoms with van der Waals surface area (Å²) in [6.45, 7) is 1.44. The van der Waals surface area contributed by atoms with E-state index in [1.165, 1.54) is 4.57 Å². The molecule has 11 nitrogen and oxygen atoms in total. The average molecular weight is 356 g/mol. The average Bonchev–Trinajstić information content (AvgIpc) is 2.97. The molecule has 0 bridgehead atoms. The van der Waals surface area contributed by atoms with Crippen LogP contribution in [0.3, 0.4) is 0 Å². The Labute approximate surface area is 141 Å². The summed E-state index contributed by atoms with van der Waals surface area (Å²) >= 11 is 5.62. The van der Waals surface area contributed by atoms with Crippen LogP contribution in [0.4, 0.5) is 11.6 Å². The Kier molecular flexibility index (Phi) is 5.98. The number of nitrogens with zero attached hydrogens (tertiary/aromatic N) is 6. The van der Waals surface area contributed by atoms with Crippen molar-refractivity contribution in [2.24, 2.45) is 5.10 Å². The van der Waals surface area contributed by atoms with Crippen LogP contribution in [0.2, 0.25) is 5.15 Å². The van der Waals surface area contributed by atoms with Gasteiger partial charge in [0.1, 0.15) is 26.0 Å². The van der Waals surface area contributed by atoms with Crippen molar-refractivity contribution in [3.63, 3.8) is 0 Å². The highest BCUT2D eigenvalue weighted by Gasteiger charge is 2.19. The van der Waals surface area contributed by atoms with E-state index >= 15 is 0 Å². The van der Waals surface area contributed by atoms with E-state index in [0.29, 0.717) is 11.7 Å². The highest BCUT2D eigenvalue weighted by atomic mass is 35.5. The van der Waals surface area contributed by atoms with E-state index in [4.69, 9.17) is 21.4 Å². The maximum atomic E-state index is 10.9. The summed E-state index contributed by atoms with van der Waals surface area (Å²) < 4.78 is 6.62. The highest BCUT2D eigenvalue weighted by Crippen LogP contribution is 2.14. The number of aromatic nitrogens is 4. The third kappa shape index (κ3) is 4.60. The molecule has 2 aromatic rings. The van der Waals surface area contributed by atoms with E-state index in [-0.39, 0.29) is 29.9 Å². The molecule has 0 amide bonds. The Morgan fingerprint density at radius 3 is 2.96 bits per heavy atom. The van der Waals surface area contributed by atoms with Crippen molar-refractivity contribution in [3.8, 4) is 0 Å². The number of aliphatic hydroxyl groups excluding tert-OH is 1. The molecule has 0 aromatic carbocycles. The minimum atomic E-state index is -0.576. The number of imidazole rings is 1. The van der Waals surface area contributed by atoms with Gasteiger partial charge in [-0.2, -0.15) is 0 Å². The normalized spacial score (nSPS) is 11.4. The molecule has 2 rings (SSSR count). The number of rotatable bonds is 7. The lowest BCUT2D eigenvalue weighted by Gasteiger charge is -2.06. The second-order valence-corrected chi connectivity index (χ2v) is 4.82. The lowest BCUT2D eigenvalue weighted by atomic mass is 10.5. The predicted octanol–water partition coefficient (Wildman–Crippen LogP) is 1.19. The number of ether oxygens (including phenoxy) is 1. The molecule has 2 N–H and O–H groups in total. The van der Waals surface area contributed by atoms with Gasteiger partial charge in [0.05, 0.1) is 0 Å². The topological polar surface area (TPSA) is 141 Å². The molecule has 2 heterocycles. The molecule has 128 valence electrons. The van der Waals surface area contributed by atoms with Crippen LogP contribution in [0.1, 0.15) is 12.7 Å². The fourth-order valence-corrected chi connectivity index (χ4v) is 1.85. The van der Waals surface area contributed by atoms with E-state index in [1.807, 2.05) is 0 Å². The van der Waals surface area contributed by atoms with Crippen LogP contribution in [-0.4, -0.2) is 42.3 Å². The van der Waals surface area contributed by atoms with Gasteiger partial charge in [-0.05, 0) is 17.1 Å². The van der Waals surface area contributed by atoms with Gasteiger partial charge in [0.2, 0.25) is 11.7 Å². The van der Waals surface area contributed by atoms with E-state index in [9.17, 15) is 10.1 Å². The third-order valence-electron chi connectivity index (χ3n) is 2.83. The first-order valence-corrected chi connectivity index (χ1v) is 7.11. The van der Waals surface area contributed by atoms with Crippen molar-refractivity contribution in [3.05, 3.63) is 39.4 Å². The van der Waals surface area contributed by atoms with Gasteiger partial charge in [0.25, 0.3) is 0 Å². The van der Waals surface area contributed by atoms with Gasteiger partial charge in [-0.3, -0.25) is 5.43 Å². The predicted molar refractivity (Wildman–Crippen MR) is 84.5 cm³/mol. The van der Waals surface area contributed by atoms with Gasteiger partial charge < -0.3 is 20.0 Å². The number of aliphatic hydroxyl groups is 1. The molecule has 0 saturated carbocycles. The van der Waals surface area contributed by atoms with Crippen molar-refractivity contribution in [2.45, 2.75) is 20.1 Å². The molecular weight excluding hydrogens is 342 g/mol.